The molecule has 1 aromatic heterocycles. The van der Waals surface area contributed by atoms with E-state index in [1.54, 1.807) is 11.3 Å². The lowest BCUT2D eigenvalue weighted by molar-refractivity contribution is -0.125. The van der Waals surface area contributed by atoms with E-state index in [1.807, 2.05) is 12.1 Å². The van der Waals surface area contributed by atoms with Crippen molar-refractivity contribution in [1.82, 2.24) is 10.3 Å². The molecule has 150 valence electrons. The molecule has 5 heteroatoms. The van der Waals surface area contributed by atoms with Gasteiger partial charge in [0.2, 0.25) is 5.91 Å². The maximum absolute atomic E-state index is 12.9. The number of amides is 1. The van der Waals surface area contributed by atoms with Crippen molar-refractivity contribution in [3.63, 3.8) is 0 Å². The molecule has 0 spiro atoms. The predicted molar refractivity (Wildman–Crippen MR) is 115 cm³/mol. The van der Waals surface area contributed by atoms with Crippen LogP contribution in [-0.4, -0.2) is 30.1 Å². The van der Waals surface area contributed by atoms with E-state index in [1.165, 1.54) is 36.8 Å². The average Bonchev–Trinajstić information content (AvgIpc) is 3.18. The summed E-state index contributed by atoms with van der Waals surface area (Å²) >= 11 is 1.73. The molecule has 0 saturated heterocycles. The Balaban J connectivity index is 1.28. The molecule has 1 heterocycles. The number of allylic oxidation sites excluding steroid dienone is 2. The molecule has 0 bridgehead atoms. The molecule has 2 atom stereocenters. The zero-order chi connectivity index (χ0) is 19.2. The van der Waals surface area contributed by atoms with E-state index < -0.39 is 0 Å². The Hall–Kier alpha value is -1.72. The van der Waals surface area contributed by atoms with E-state index >= 15 is 0 Å². The minimum absolute atomic E-state index is 0.0233. The number of hydrogen-bond acceptors (Lipinski definition) is 4. The third-order valence-corrected chi connectivity index (χ3v) is 7.09. The summed E-state index contributed by atoms with van der Waals surface area (Å²) in [4.78, 5) is 17.7. The maximum Gasteiger partial charge on any atom is 0.224 e. The lowest BCUT2D eigenvalue weighted by Gasteiger charge is -2.26. The SMILES string of the molecule is O=C(NCCCOC1CCCCC1)[C@H]1CC=CC[C@@H]1c1nc2ccccc2s1. The van der Waals surface area contributed by atoms with Crippen LogP contribution < -0.4 is 5.32 Å². The van der Waals surface area contributed by atoms with Gasteiger partial charge in [-0.05, 0) is 44.2 Å². The Morgan fingerprint density at radius 1 is 1.14 bits per heavy atom. The van der Waals surface area contributed by atoms with Crippen molar-refractivity contribution in [3.8, 4) is 0 Å². The van der Waals surface area contributed by atoms with Gasteiger partial charge in [-0.3, -0.25) is 4.79 Å². The molecule has 28 heavy (non-hydrogen) atoms. The number of para-hydroxylation sites is 1. The number of fused-ring (bicyclic) bond motifs is 1. The van der Waals surface area contributed by atoms with Crippen LogP contribution in [0.4, 0.5) is 0 Å². The van der Waals surface area contributed by atoms with Crippen molar-refractivity contribution in [3.05, 3.63) is 41.4 Å². The number of ether oxygens (including phenoxy) is 1. The highest BCUT2D eigenvalue weighted by Crippen LogP contribution is 2.38. The Bertz CT molecular complexity index is 777. The summed E-state index contributed by atoms with van der Waals surface area (Å²) < 4.78 is 7.16. The fraction of sp³-hybridized carbons (Fsp3) is 0.565. The zero-order valence-corrected chi connectivity index (χ0v) is 17.3. The Labute approximate surface area is 171 Å². The highest BCUT2D eigenvalue weighted by atomic mass is 32.1. The van der Waals surface area contributed by atoms with Crippen molar-refractivity contribution < 1.29 is 9.53 Å². The van der Waals surface area contributed by atoms with Crippen molar-refractivity contribution in [2.75, 3.05) is 13.2 Å². The molecule has 1 N–H and O–H groups in total. The van der Waals surface area contributed by atoms with Crippen LogP contribution in [0.2, 0.25) is 0 Å². The second-order valence-electron chi connectivity index (χ2n) is 7.95. The molecule has 0 unspecified atom stereocenters. The first-order valence-electron chi connectivity index (χ1n) is 10.7. The third kappa shape index (κ3) is 4.81. The standard InChI is InChI=1S/C23H30N2O2S/c26-22(24-15-8-16-27-17-9-2-1-3-10-17)18-11-4-5-12-19(18)23-25-20-13-6-7-14-21(20)28-23/h4-7,13-14,17-19H,1-3,8-12,15-16H2,(H,24,26)/t18-,19-/m0/s1. The second kappa shape index (κ2) is 9.66. The smallest absolute Gasteiger partial charge is 0.224 e. The summed E-state index contributed by atoms with van der Waals surface area (Å²) in [6.45, 7) is 1.44. The van der Waals surface area contributed by atoms with Crippen LogP contribution in [0.15, 0.2) is 36.4 Å². The lowest BCUT2D eigenvalue weighted by Crippen LogP contribution is -2.36. The molecule has 4 rings (SSSR count). The van der Waals surface area contributed by atoms with Gasteiger partial charge in [-0.1, -0.05) is 43.5 Å². The molecule has 1 amide bonds. The van der Waals surface area contributed by atoms with Gasteiger partial charge < -0.3 is 10.1 Å². The summed E-state index contributed by atoms with van der Waals surface area (Å²) in [5.74, 6) is 0.317. The number of rotatable bonds is 7. The summed E-state index contributed by atoms with van der Waals surface area (Å²) in [7, 11) is 0. The van der Waals surface area contributed by atoms with Crippen LogP contribution in [0.25, 0.3) is 10.2 Å². The summed E-state index contributed by atoms with van der Waals surface area (Å²) in [5.41, 5.74) is 1.04. The lowest BCUT2D eigenvalue weighted by atomic mass is 9.82. The van der Waals surface area contributed by atoms with Gasteiger partial charge >= 0.3 is 0 Å². The van der Waals surface area contributed by atoms with E-state index in [4.69, 9.17) is 9.72 Å². The highest BCUT2D eigenvalue weighted by Gasteiger charge is 2.32. The number of nitrogens with one attached hydrogen (secondary N) is 1. The fourth-order valence-electron chi connectivity index (χ4n) is 4.32. The highest BCUT2D eigenvalue weighted by molar-refractivity contribution is 7.18. The number of thiazole rings is 1. The number of carbonyl (C=O) groups excluding carboxylic acids is 1. The molecular formula is C23H30N2O2S. The topological polar surface area (TPSA) is 51.2 Å². The van der Waals surface area contributed by atoms with Gasteiger partial charge in [0.1, 0.15) is 0 Å². The first-order valence-corrected chi connectivity index (χ1v) is 11.5. The zero-order valence-electron chi connectivity index (χ0n) is 16.4. The van der Waals surface area contributed by atoms with Gasteiger partial charge in [0.25, 0.3) is 0 Å². The fourth-order valence-corrected chi connectivity index (χ4v) is 5.47. The molecule has 1 aromatic carbocycles. The first-order chi connectivity index (χ1) is 13.8. The van der Waals surface area contributed by atoms with Crippen molar-refractivity contribution in [1.29, 1.82) is 0 Å². The van der Waals surface area contributed by atoms with Crippen LogP contribution in [0, 0.1) is 5.92 Å². The van der Waals surface area contributed by atoms with Crippen LogP contribution in [0.5, 0.6) is 0 Å². The van der Waals surface area contributed by atoms with Crippen molar-refractivity contribution in [2.45, 2.75) is 63.4 Å². The average molecular weight is 399 g/mol. The largest absolute Gasteiger partial charge is 0.378 e. The van der Waals surface area contributed by atoms with E-state index in [2.05, 4.69) is 29.6 Å². The molecule has 2 aromatic rings. The molecule has 1 fully saturated rings. The molecule has 4 nitrogen and oxygen atoms in total. The first kappa shape index (κ1) is 19.6. The molecular weight excluding hydrogens is 368 g/mol. The van der Waals surface area contributed by atoms with Gasteiger partial charge in [-0.2, -0.15) is 0 Å². The predicted octanol–water partition coefficient (Wildman–Crippen LogP) is 5.20. The van der Waals surface area contributed by atoms with Crippen LogP contribution >= 0.6 is 11.3 Å². The normalized spacial score (nSPS) is 23.1. The molecule has 2 aliphatic carbocycles. The van der Waals surface area contributed by atoms with Crippen molar-refractivity contribution >= 4 is 27.5 Å². The molecule has 0 aliphatic heterocycles. The van der Waals surface area contributed by atoms with E-state index in [0.29, 0.717) is 12.6 Å². The number of aromatic nitrogens is 1. The van der Waals surface area contributed by atoms with E-state index in [-0.39, 0.29) is 17.7 Å². The molecule has 1 saturated carbocycles. The minimum atomic E-state index is -0.0233. The van der Waals surface area contributed by atoms with Gasteiger partial charge in [-0.25, -0.2) is 4.98 Å². The van der Waals surface area contributed by atoms with E-state index in [0.717, 1.165) is 36.4 Å². The number of hydrogen-bond donors (Lipinski definition) is 1. The van der Waals surface area contributed by atoms with Gasteiger partial charge in [0.15, 0.2) is 0 Å². The number of benzene rings is 1. The minimum Gasteiger partial charge on any atom is -0.378 e. The molecule has 2 aliphatic rings. The third-order valence-electron chi connectivity index (χ3n) is 5.92. The monoisotopic (exact) mass is 398 g/mol. The van der Waals surface area contributed by atoms with Crippen LogP contribution in [-0.2, 0) is 9.53 Å². The van der Waals surface area contributed by atoms with E-state index in [9.17, 15) is 4.79 Å². The number of carbonyl (C=O) groups is 1. The number of nitrogens with zero attached hydrogens (tertiary/aromatic N) is 1. The van der Waals surface area contributed by atoms with Crippen LogP contribution in [0.3, 0.4) is 0 Å². The van der Waals surface area contributed by atoms with Gasteiger partial charge in [0, 0.05) is 19.1 Å². The second-order valence-corrected chi connectivity index (χ2v) is 9.01. The summed E-state index contributed by atoms with van der Waals surface area (Å²) in [6.07, 6.45) is 13.7. The van der Waals surface area contributed by atoms with Crippen molar-refractivity contribution in [2.24, 2.45) is 5.92 Å². The quantitative estimate of drug-likeness (QED) is 0.515. The molecule has 0 radical (unpaired) electrons. The Kier molecular flexibility index (Phi) is 6.76. The Morgan fingerprint density at radius 2 is 1.96 bits per heavy atom. The maximum atomic E-state index is 12.9. The van der Waals surface area contributed by atoms with Gasteiger partial charge in [0.05, 0.1) is 27.2 Å². The van der Waals surface area contributed by atoms with Crippen LogP contribution in [0.1, 0.15) is 62.3 Å². The summed E-state index contributed by atoms with van der Waals surface area (Å²) in [5, 5.41) is 4.24. The van der Waals surface area contributed by atoms with Gasteiger partial charge in [-0.15, -0.1) is 11.3 Å². The summed E-state index contributed by atoms with van der Waals surface area (Å²) in [6, 6.07) is 8.22. The Morgan fingerprint density at radius 3 is 2.82 bits per heavy atom.